The van der Waals surface area contributed by atoms with E-state index in [1.54, 1.807) is 70.6 Å². The van der Waals surface area contributed by atoms with E-state index in [1.165, 1.54) is 163 Å². The summed E-state index contributed by atoms with van der Waals surface area (Å²) in [5.74, 6) is 9.52. The monoisotopic (exact) mass is 691 g/mol. The van der Waals surface area contributed by atoms with Gasteiger partial charge in [-0.25, -0.2) is 0 Å². The Bertz CT molecular complexity index is 473. The number of hydrogen-bond acceptors (Lipinski definition) is 0. The summed E-state index contributed by atoms with van der Waals surface area (Å²) in [6.07, 6.45) is 42.5. The fourth-order valence-electron chi connectivity index (χ4n) is 8.79. The van der Waals surface area contributed by atoms with Gasteiger partial charge in [0.15, 0.2) is 0 Å². The molecule has 0 N–H and O–H groups in total. The molecule has 2 atom stereocenters. The van der Waals surface area contributed by atoms with Crippen molar-refractivity contribution in [2.24, 2.45) is 47.3 Å². The highest BCUT2D eigenvalue weighted by Gasteiger charge is 2.49. The van der Waals surface area contributed by atoms with Crippen LogP contribution in [-0.4, -0.2) is 0 Å². The van der Waals surface area contributed by atoms with Crippen LogP contribution in [0.4, 0.5) is 0 Å². The van der Waals surface area contributed by atoms with Crippen LogP contribution in [0.2, 0.25) is 0 Å². The largest absolute Gasteiger partial charge is 0.0654 e. The Balaban J connectivity index is 0. The lowest BCUT2D eigenvalue weighted by Gasteiger charge is -2.49. The van der Waals surface area contributed by atoms with Crippen LogP contribution in [0, 0.1) is 47.3 Å². The Labute approximate surface area is 315 Å². The molecule has 0 spiro atoms. The van der Waals surface area contributed by atoms with E-state index in [2.05, 4.69) is 83.1 Å². The average molecular weight is 691 g/mol. The maximum Gasteiger partial charge on any atom is -0.0355 e. The van der Waals surface area contributed by atoms with Crippen molar-refractivity contribution in [3.8, 4) is 0 Å². The molecule has 8 aliphatic rings. The van der Waals surface area contributed by atoms with Gasteiger partial charge in [0.1, 0.15) is 0 Å². The molecule has 0 heteroatoms. The average Bonchev–Trinajstić information content (AvgIpc) is 3.81. The quantitative estimate of drug-likeness (QED) is 0.260. The summed E-state index contributed by atoms with van der Waals surface area (Å²) in [5, 5.41) is 0. The minimum atomic E-state index is 1.18. The molecule has 0 aromatic carbocycles. The first-order chi connectivity index (χ1) is 23.8. The van der Waals surface area contributed by atoms with Crippen molar-refractivity contribution >= 4 is 0 Å². The Morgan fingerprint density at radius 3 is 0.571 bits per heavy atom. The molecule has 298 valence electrons. The van der Waals surface area contributed by atoms with Gasteiger partial charge in [-0.3, -0.25) is 0 Å². The summed E-state index contributed by atoms with van der Waals surface area (Å²) in [6, 6.07) is 0. The molecular weight excluding hydrogens is 589 g/mol. The lowest BCUT2D eigenvalue weighted by atomic mass is 9.56. The molecule has 8 fully saturated rings. The summed E-state index contributed by atoms with van der Waals surface area (Å²) in [7, 11) is 0. The molecule has 49 heavy (non-hydrogen) atoms. The SMILES string of the molecule is C1C2CC3CC1CC(C2)C3.C1CC2CC3CC1C2C3.C1CCCCC1.CCCC.CCCC.CCCC.CCCC.CCCC.CCCC. The molecule has 0 saturated heterocycles. The van der Waals surface area contributed by atoms with Crippen LogP contribution < -0.4 is 0 Å². The molecule has 0 heterocycles. The lowest BCUT2D eigenvalue weighted by molar-refractivity contribution is 0.0198. The van der Waals surface area contributed by atoms with E-state index in [-0.39, 0.29) is 0 Å². The summed E-state index contributed by atoms with van der Waals surface area (Å²) < 4.78 is 0. The summed E-state index contributed by atoms with van der Waals surface area (Å²) in [4.78, 5) is 0. The van der Waals surface area contributed by atoms with Crippen molar-refractivity contribution < 1.29 is 0 Å². The summed E-state index contributed by atoms with van der Waals surface area (Å²) >= 11 is 0. The highest BCUT2D eigenvalue weighted by Crippen LogP contribution is 2.59. The van der Waals surface area contributed by atoms with Crippen LogP contribution in [0.15, 0.2) is 0 Å². The van der Waals surface area contributed by atoms with Gasteiger partial charge in [0.2, 0.25) is 0 Å². The predicted molar refractivity (Wildman–Crippen MR) is 230 cm³/mol. The van der Waals surface area contributed by atoms with Crippen LogP contribution in [0.25, 0.3) is 0 Å². The van der Waals surface area contributed by atoms with E-state index >= 15 is 0 Å². The van der Waals surface area contributed by atoms with Crippen molar-refractivity contribution in [3.05, 3.63) is 0 Å². The Morgan fingerprint density at radius 1 is 0.245 bits per heavy atom. The minimum Gasteiger partial charge on any atom is -0.0654 e. The number of hydrogen-bond donors (Lipinski definition) is 0. The lowest BCUT2D eigenvalue weighted by Crippen LogP contribution is -2.38. The Hall–Kier alpha value is 0. The molecular formula is C49H102. The van der Waals surface area contributed by atoms with E-state index in [0.717, 1.165) is 0 Å². The van der Waals surface area contributed by atoms with Crippen LogP contribution in [0.1, 0.15) is 269 Å². The smallest absolute Gasteiger partial charge is 0.0355 e. The van der Waals surface area contributed by atoms with Crippen LogP contribution in [0.3, 0.4) is 0 Å². The topological polar surface area (TPSA) is 0 Å². The van der Waals surface area contributed by atoms with Gasteiger partial charge in [-0.2, -0.15) is 0 Å². The molecule has 0 aliphatic heterocycles. The molecule has 2 unspecified atom stereocenters. The zero-order valence-electron chi connectivity index (χ0n) is 37.1. The first-order valence-electron chi connectivity index (χ1n) is 23.8. The van der Waals surface area contributed by atoms with E-state index in [0.29, 0.717) is 0 Å². The molecule has 8 rings (SSSR count). The third kappa shape index (κ3) is 27.3. The second-order valence-corrected chi connectivity index (χ2v) is 17.3. The standard InChI is InChI=1S/C10H16.C9H14.C6H12.6C4H10/c1-7-2-9-4-8(1)5-10(3-7)6-9;1-2-8-4-6-3-7(1)9(8)5-6;1-2-4-6-5-3-1;6*1-3-4-2/h7-10H,1-6H2;6-9H,1-5H2;1-6H2;6*3-4H2,1-2H3. The Morgan fingerprint density at radius 2 is 0.429 bits per heavy atom. The second kappa shape index (κ2) is 37.7. The number of unbranched alkanes of at least 4 members (excludes halogenated alkanes) is 6. The van der Waals surface area contributed by atoms with Gasteiger partial charge in [0.25, 0.3) is 0 Å². The normalized spacial score (nSPS) is 29.6. The third-order valence-electron chi connectivity index (χ3n) is 12.5. The zero-order valence-corrected chi connectivity index (χ0v) is 37.1. The minimum absolute atomic E-state index is 1.18. The third-order valence-corrected chi connectivity index (χ3v) is 12.5. The summed E-state index contributed by atoms with van der Waals surface area (Å²) in [6.45, 7) is 26.2. The van der Waals surface area contributed by atoms with Crippen LogP contribution in [-0.2, 0) is 0 Å². The van der Waals surface area contributed by atoms with Gasteiger partial charge in [-0.15, -0.1) is 0 Å². The molecule has 0 amide bonds. The highest BCUT2D eigenvalue weighted by molar-refractivity contribution is 4.99. The second-order valence-electron chi connectivity index (χ2n) is 17.3. The van der Waals surface area contributed by atoms with Crippen molar-refractivity contribution in [1.82, 2.24) is 0 Å². The first kappa shape index (κ1) is 51.1. The van der Waals surface area contributed by atoms with E-state index < -0.39 is 0 Å². The van der Waals surface area contributed by atoms with E-state index in [1.807, 2.05) is 0 Å². The van der Waals surface area contributed by atoms with E-state index in [4.69, 9.17) is 0 Å². The molecule has 8 aliphatic carbocycles. The van der Waals surface area contributed by atoms with Crippen molar-refractivity contribution in [2.45, 2.75) is 269 Å². The highest BCUT2D eigenvalue weighted by atomic mass is 14.5. The van der Waals surface area contributed by atoms with Gasteiger partial charge in [0, 0.05) is 0 Å². The van der Waals surface area contributed by atoms with Crippen molar-refractivity contribution in [2.75, 3.05) is 0 Å². The van der Waals surface area contributed by atoms with Crippen molar-refractivity contribution in [1.29, 1.82) is 0 Å². The Kier molecular flexibility index (Phi) is 39.4. The van der Waals surface area contributed by atoms with E-state index in [9.17, 15) is 0 Å². The van der Waals surface area contributed by atoms with Gasteiger partial charge < -0.3 is 0 Å². The number of rotatable bonds is 6. The van der Waals surface area contributed by atoms with Gasteiger partial charge >= 0.3 is 0 Å². The zero-order chi connectivity index (χ0) is 37.1. The molecule has 0 aromatic heterocycles. The first-order valence-corrected chi connectivity index (χ1v) is 23.8. The van der Waals surface area contributed by atoms with Crippen molar-refractivity contribution in [3.63, 3.8) is 0 Å². The predicted octanol–water partition coefficient (Wildman–Crippen LogP) is 18.5. The summed E-state index contributed by atoms with van der Waals surface area (Å²) in [5.41, 5.74) is 0. The van der Waals surface area contributed by atoms with Crippen LogP contribution >= 0.6 is 0 Å². The molecule has 8 saturated carbocycles. The van der Waals surface area contributed by atoms with Gasteiger partial charge in [0.05, 0.1) is 0 Å². The van der Waals surface area contributed by atoms with Gasteiger partial charge in [-0.1, -0.05) is 199 Å². The maximum absolute atomic E-state index is 2.18. The molecule has 6 bridgehead atoms. The molecule has 0 radical (unpaired) electrons. The fourth-order valence-corrected chi connectivity index (χ4v) is 8.79. The maximum atomic E-state index is 2.18. The number of fused-ring (bicyclic) bond motifs is 1. The molecule has 0 aromatic rings. The molecule has 0 nitrogen and oxygen atoms in total. The van der Waals surface area contributed by atoms with Crippen LogP contribution in [0.5, 0.6) is 0 Å². The van der Waals surface area contributed by atoms with Gasteiger partial charge in [-0.05, 0) is 118 Å². The fraction of sp³-hybridized carbons (Fsp3) is 1.00.